The summed E-state index contributed by atoms with van der Waals surface area (Å²) in [6.07, 6.45) is 3.88. The lowest BCUT2D eigenvalue weighted by Crippen LogP contribution is -2.48. The number of benzene rings is 1. The Morgan fingerprint density at radius 3 is 2.54 bits per heavy atom. The summed E-state index contributed by atoms with van der Waals surface area (Å²) >= 11 is 5.98. The van der Waals surface area contributed by atoms with Gasteiger partial charge in [-0.1, -0.05) is 24.4 Å². The van der Waals surface area contributed by atoms with Gasteiger partial charge in [0.05, 0.1) is 6.54 Å². The molecule has 3 amide bonds. The van der Waals surface area contributed by atoms with Crippen LogP contribution in [0.4, 0.5) is 0 Å². The maximum absolute atomic E-state index is 12.8. The van der Waals surface area contributed by atoms with Crippen LogP contribution in [0.2, 0.25) is 5.02 Å². The molecular formula is C20H25ClN4O3. The van der Waals surface area contributed by atoms with Crippen LogP contribution in [0.3, 0.4) is 0 Å². The fourth-order valence-corrected chi connectivity index (χ4v) is 3.68. The summed E-state index contributed by atoms with van der Waals surface area (Å²) in [5.41, 5.74) is 1.16. The molecule has 0 atom stereocenters. The molecule has 1 aromatic heterocycles. The number of hydrogen-bond donors (Lipinski definition) is 2. The molecule has 1 heterocycles. The molecule has 8 heteroatoms. The number of aromatic nitrogens is 1. The van der Waals surface area contributed by atoms with Crippen molar-refractivity contribution >= 4 is 40.2 Å². The number of rotatable bonds is 6. The fraction of sp³-hybridized carbons (Fsp3) is 0.450. The van der Waals surface area contributed by atoms with Crippen LogP contribution in [0.15, 0.2) is 24.3 Å². The van der Waals surface area contributed by atoms with Crippen LogP contribution in [0.1, 0.15) is 36.2 Å². The Kier molecular flexibility index (Phi) is 6.24. The number of likely N-dealkylation sites (N-methyl/N-ethyl adjacent to an activating group) is 1. The van der Waals surface area contributed by atoms with Crippen molar-refractivity contribution in [2.45, 2.75) is 31.7 Å². The Balaban J connectivity index is 1.65. The number of nitrogens with one attached hydrogen (secondary N) is 2. The number of hydrogen-bond acceptors (Lipinski definition) is 3. The molecule has 1 aromatic carbocycles. The van der Waals surface area contributed by atoms with Gasteiger partial charge >= 0.3 is 0 Å². The first kappa shape index (κ1) is 20.2. The summed E-state index contributed by atoms with van der Waals surface area (Å²) < 4.78 is 0. The predicted octanol–water partition coefficient (Wildman–Crippen LogP) is 2.41. The van der Waals surface area contributed by atoms with Gasteiger partial charge in [0.2, 0.25) is 11.8 Å². The molecule has 1 fully saturated rings. The number of amides is 3. The van der Waals surface area contributed by atoms with Crippen molar-refractivity contribution in [1.82, 2.24) is 20.1 Å². The summed E-state index contributed by atoms with van der Waals surface area (Å²) in [7, 11) is 3.34. The number of carbonyl (C=O) groups is 3. The zero-order chi connectivity index (χ0) is 20.3. The largest absolute Gasteiger partial charge is 0.351 e. The molecule has 0 radical (unpaired) electrons. The smallest absolute Gasteiger partial charge is 0.268 e. The van der Waals surface area contributed by atoms with E-state index in [2.05, 4.69) is 10.3 Å². The number of carbonyl (C=O) groups excluding carboxylic acids is 3. The van der Waals surface area contributed by atoms with E-state index in [-0.39, 0.29) is 36.9 Å². The fourth-order valence-electron chi connectivity index (χ4n) is 3.50. The third-order valence-corrected chi connectivity index (χ3v) is 5.35. The minimum absolute atomic E-state index is 0.0389. The van der Waals surface area contributed by atoms with E-state index < -0.39 is 0 Å². The normalized spacial score (nSPS) is 14.2. The summed E-state index contributed by atoms with van der Waals surface area (Å²) in [5.74, 6) is -0.736. The molecule has 0 aliphatic heterocycles. The zero-order valence-electron chi connectivity index (χ0n) is 16.1. The first-order chi connectivity index (χ1) is 13.3. The number of H-pyrrole nitrogens is 1. The van der Waals surface area contributed by atoms with E-state index in [1.807, 2.05) is 0 Å². The maximum atomic E-state index is 12.8. The average molecular weight is 405 g/mol. The van der Waals surface area contributed by atoms with Crippen molar-refractivity contribution in [3.8, 4) is 0 Å². The van der Waals surface area contributed by atoms with Gasteiger partial charge in [-0.05, 0) is 37.1 Å². The standard InChI is InChI=1S/C20H25ClN4O3/c1-24(2)19(27)12-25(15-5-3-4-6-15)18(26)11-22-20(28)17-10-13-9-14(21)7-8-16(13)23-17/h7-10,15,23H,3-6,11-12H2,1-2H3,(H,22,28). The highest BCUT2D eigenvalue weighted by molar-refractivity contribution is 6.31. The third kappa shape index (κ3) is 4.65. The Bertz CT molecular complexity index is 887. The molecule has 0 unspecified atom stereocenters. The van der Waals surface area contributed by atoms with Crippen molar-refractivity contribution in [2.24, 2.45) is 0 Å². The van der Waals surface area contributed by atoms with Crippen LogP contribution in [0.25, 0.3) is 10.9 Å². The van der Waals surface area contributed by atoms with E-state index in [4.69, 9.17) is 11.6 Å². The molecule has 0 saturated heterocycles. The van der Waals surface area contributed by atoms with Gasteiger partial charge in [0.1, 0.15) is 12.2 Å². The zero-order valence-corrected chi connectivity index (χ0v) is 16.9. The summed E-state index contributed by atoms with van der Waals surface area (Å²) in [5, 5.41) is 4.08. The summed E-state index contributed by atoms with van der Waals surface area (Å²) in [6.45, 7) is -0.108. The van der Waals surface area contributed by atoms with Crippen molar-refractivity contribution in [3.63, 3.8) is 0 Å². The molecule has 28 heavy (non-hydrogen) atoms. The lowest BCUT2D eigenvalue weighted by Gasteiger charge is -2.29. The van der Waals surface area contributed by atoms with Crippen molar-refractivity contribution in [1.29, 1.82) is 0 Å². The van der Waals surface area contributed by atoms with Crippen LogP contribution >= 0.6 is 11.6 Å². The minimum Gasteiger partial charge on any atom is -0.351 e. The highest BCUT2D eigenvalue weighted by Crippen LogP contribution is 2.24. The molecule has 0 bridgehead atoms. The van der Waals surface area contributed by atoms with E-state index >= 15 is 0 Å². The number of aromatic amines is 1. The molecule has 1 saturated carbocycles. The molecule has 1 aliphatic carbocycles. The Morgan fingerprint density at radius 2 is 1.86 bits per heavy atom. The van der Waals surface area contributed by atoms with Gasteiger partial charge in [-0.15, -0.1) is 0 Å². The first-order valence-corrected chi connectivity index (χ1v) is 9.79. The second-order valence-corrected chi connectivity index (χ2v) is 7.78. The van der Waals surface area contributed by atoms with E-state index in [9.17, 15) is 14.4 Å². The molecule has 3 rings (SSSR count). The molecular weight excluding hydrogens is 380 g/mol. The van der Waals surface area contributed by atoms with Crippen LogP contribution in [-0.2, 0) is 9.59 Å². The lowest BCUT2D eigenvalue weighted by atomic mass is 10.2. The summed E-state index contributed by atoms with van der Waals surface area (Å²) in [6, 6.07) is 7.07. The Labute approximate surface area is 169 Å². The number of nitrogens with zero attached hydrogens (tertiary/aromatic N) is 2. The van der Waals surface area contributed by atoms with E-state index in [0.29, 0.717) is 10.7 Å². The quantitative estimate of drug-likeness (QED) is 0.775. The molecule has 2 aromatic rings. The highest BCUT2D eigenvalue weighted by atomic mass is 35.5. The molecule has 150 valence electrons. The molecule has 0 spiro atoms. The third-order valence-electron chi connectivity index (χ3n) is 5.12. The Morgan fingerprint density at radius 1 is 1.14 bits per heavy atom. The topological polar surface area (TPSA) is 85.5 Å². The average Bonchev–Trinajstić information content (AvgIpc) is 3.32. The first-order valence-electron chi connectivity index (χ1n) is 9.41. The summed E-state index contributed by atoms with van der Waals surface area (Å²) in [4.78, 5) is 43.4. The van der Waals surface area contributed by atoms with Gasteiger partial charge in [-0.25, -0.2) is 0 Å². The number of halogens is 1. The molecule has 2 N–H and O–H groups in total. The molecule has 1 aliphatic rings. The monoisotopic (exact) mass is 404 g/mol. The van der Waals surface area contributed by atoms with Crippen LogP contribution in [0, 0.1) is 0 Å². The van der Waals surface area contributed by atoms with Crippen LogP contribution in [-0.4, -0.2) is 65.7 Å². The maximum Gasteiger partial charge on any atom is 0.268 e. The van der Waals surface area contributed by atoms with Gasteiger partial charge in [-0.2, -0.15) is 0 Å². The van der Waals surface area contributed by atoms with Crippen LogP contribution in [0.5, 0.6) is 0 Å². The van der Waals surface area contributed by atoms with Crippen molar-refractivity contribution in [2.75, 3.05) is 27.2 Å². The van der Waals surface area contributed by atoms with Crippen molar-refractivity contribution < 1.29 is 14.4 Å². The molecule has 7 nitrogen and oxygen atoms in total. The van der Waals surface area contributed by atoms with E-state index in [0.717, 1.165) is 36.6 Å². The number of fused-ring (bicyclic) bond motifs is 1. The van der Waals surface area contributed by atoms with Gasteiger partial charge in [0, 0.05) is 36.1 Å². The minimum atomic E-state index is -0.369. The van der Waals surface area contributed by atoms with E-state index in [1.165, 1.54) is 4.90 Å². The highest BCUT2D eigenvalue weighted by Gasteiger charge is 2.29. The van der Waals surface area contributed by atoms with E-state index in [1.54, 1.807) is 43.3 Å². The Hall–Kier alpha value is -2.54. The second-order valence-electron chi connectivity index (χ2n) is 7.35. The predicted molar refractivity (Wildman–Crippen MR) is 108 cm³/mol. The lowest BCUT2D eigenvalue weighted by molar-refractivity contribution is -0.140. The van der Waals surface area contributed by atoms with Gasteiger partial charge in [0.25, 0.3) is 5.91 Å². The van der Waals surface area contributed by atoms with Gasteiger partial charge < -0.3 is 20.1 Å². The second kappa shape index (κ2) is 8.65. The SMILES string of the molecule is CN(C)C(=O)CN(C(=O)CNC(=O)c1cc2cc(Cl)ccc2[nH]1)C1CCCC1. The van der Waals surface area contributed by atoms with Crippen molar-refractivity contribution in [3.05, 3.63) is 35.0 Å². The van der Waals surface area contributed by atoms with Crippen LogP contribution < -0.4 is 5.32 Å². The van der Waals surface area contributed by atoms with Gasteiger partial charge in [0.15, 0.2) is 0 Å². The van der Waals surface area contributed by atoms with Gasteiger partial charge in [-0.3, -0.25) is 14.4 Å².